The van der Waals surface area contributed by atoms with Crippen molar-refractivity contribution in [2.24, 2.45) is 0 Å². The number of hydrogen-bond donors (Lipinski definition) is 3. The van der Waals surface area contributed by atoms with Crippen molar-refractivity contribution in [3.05, 3.63) is 24.3 Å². The fourth-order valence-corrected chi connectivity index (χ4v) is 2.32. The molecule has 0 spiro atoms. The van der Waals surface area contributed by atoms with E-state index in [0.29, 0.717) is 6.04 Å². The Morgan fingerprint density at radius 1 is 1.13 bits per heavy atom. The number of nitrogens with zero attached hydrogens (tertiary/aromatic N) is 1. The molecule has 0 unspecified atom stereocenters. The summed E-state index contributed by atoms with van der Waals surface area (Å²) in [4.78, 5) is 0. The monoisotopic (exact) mass is 204 g/mol. The highest BCUT2D eigenvalue weighted by Crippen LogP contribution is 2.31. The molecule has 0 amide bonds. The van der Waals surface area contributed by atoms with Gasteiger partial charge in [0, 0.05) is 6.04 Å². The van der Waals surface area contributed by atoms with Crippen molar-refractivity contribution in [2.75, 3.05) is 23.5 Å². The predicted octanol–water partition coefficient (Wildman–Crippen LogP) is 1.09. The zero-order valence-electron chi connectivity index (χ0n) is 8.66. The first-order valence-electron chi connectivity index (χ1n) is 5.56. The fourth-order valence-electron chi connectivity index (χ4n) is 2.32. The van der Waals surface area contributed by atoms with E-state index in [9.17, 15) is 0 Å². The van der Waals surface area contributed by atoms with Crippen molar-refractivity contribution in [3.63, 3.8) is 0 Å². The van der Waals surface area contributed by atoms with Gasteiger partial charge >= 0.3 is 0 Å². The number of para-hydroxylation sites is 2. The van der Waals surface area contributed by atoms with Gasteiger partial charge in [-0.25, -0.2) is 0 Å². The zero-order valence-corrected chi connectivity index (χ0v) is 8.66. The Morgan fingerprint density at radius 2 is 1.93 bits per heavy atom. The number of hydrogen-bond acceptors (Lipinski definition) is 4. The van der Waals surface area contributed by atoms with Crippen LogP contribution in [0.1, 0.15) is 12.8 Å². The number of rotatable bonds is 1. The SMILES string of the molecule is c1ccc2c(c1)NNN2C1CCNCC1. The lowest BCUT2D eigenvalue weighted by molar-refractivity contribution is 0.416. The van der Waals surface area contributed by atoms with Gasteiger partial charge in [-0.1, -0.05) is 12.1 Å². The number of fused-ring (bicyclic) bond motifs is 1. The van der Waals surface area contributed by atoms with Crippen LogP contribution in [0.15, 0.2) is 24.3 Å². The van der Waals surface area contributed by atoms with Crippen LogP contribution in [-0.4, -0.2) is 19.1 Å². The summed E-state index contributed by atoms with van der Waals surface area (Å²) in [5, 5.41) is 5.65. The standard InChI is InChI=1S/C11H16N4/c1-2-4-11-10(3-1)13-14-15(11)9-5-7-12-8-6-9/h1-4,9,12-14H,5-8H2. The Hall–Kier alpha value is -1.26. The zero-order chi connectivity index (χ0) is 10.1. The highest BCUT2D eigenvalue weighted by molar-refractivity contribution is 5.73. The highest BCUT2D eigenvalue weighted by atomic mass is 15.7. The van der Waals surface area contributed by atoms with Gasteiger partial charge in [-0.15, -0.1) is 5.53 Å². The average molecular weight is 204 g/mol. The minimum Gasteiger partial charge on any atom is -0.317 e. The van der Waals surface area contributed by atoms with E-state index >= 15 is 0 Å². The molecule has 80 valence electrons. The maximum atomic E-state index is 3.39. The van der Waals surface area contributed by atoms with E-state index in [2.05, 4.69) is 45.6 Å². The number of anilines is 2. The number of hydrazine groups is 2. The maximum Gasteiger partial charge on any atom is 0.0786 e. The number of benzene rings is 1. The van der Waals surface area contributed by atoms with Crippen LogP contribution in [-0.2, 0) is 0 Å². The molecule has 0 aromatic heterocycles. The minimum atomic E-state index is 0.599. The topological polar surface area (TPSA) is 39.3 Å². The van der Waals surface area contributed by atoms with E-state index in [-0.39, 0.29) is 0 Å². The van der Waals surface area contributed by atoms with E-state index in [0.717, 1.165) is 13.1 Å². The van der Waals surface area contributed by atoms with Gasteiger partial charge in [0.05, 0.1) is 11.4 Å². The first kappa shape index (κ1) is 9.00. The molecule has 3 N–H and O–H groups in total. The summed E-state index contributed by atoms with van der Waals surface area (Å²) < 4.78 is 0. The molecule has 4 heteroatoms. The Morgan fingerprint density at radius 3 is 2.80 bits per heavy atom. The molecule has 1 aromatic carbocycles. The average Bonchev–Trinajstić information content (AvgIpc) is 2.74. The molecule has 1 saturated heterocycles. The molecule has 1 fully saturated rings. The van der Waals surface area contributed by atoms with Crippen LogP contribution in [0.3, 0.4) is 0 Å². The van der Waals surface area contributed by atoms with E-state index < -0.39 is 0 Å². The smallest absolute Gasteiger partial charge is 0.0786 e. The number of piperidine rings is 1. The lowest BCUT2D eigenvalue weighted by atomic mass is 10.1. The normalized spacial score (nSPS) is 21.2. The summed E-state index contributed by atoms with van der Waals surface area (Å²) in [5.74, 6) is 0. The van der Waals surface area contributed by atoms with Crippen molar-refractivity contribution >= 4 is 11.4 Å². The quantitative estimate of drug-likeness (QED) is 0.640. The second-order valence-electron chi connectivity index (χ2n) is 4.11. The van der Waals surface area contributed by atoms with E-state index in [1.807, 2.05) is 0 Å². The first-order valence-corrected chi connectivity index (χ1v) is 5.56. The Kier molecular flexibility index (Phi) is 2.23. The predicted molar refractivity (Wildman–Crippen MR) is 61.6 cm³/mol. The molecule has 0 atom stereocenters. The Bertz CT molecular complexity index is 346. The second kappa shape index (κ2) is 3.72. The van der Waals surface area contributed by atoms with Gasteiger partial charge in [0.15, 0.2) is 0 Å². The van der Waals surface area contributed by atoms with Crippen LogP contribution in [0.4, 0.5) is 11.4 Å². The molecule has 2 aliphatic rings. The van der Waals surface area contributed by atoms with Gasteiger partial charge in [-0.2, -0.15) is 0 Å². The summed E-state index contributed by atoms with van der Waals surface area (Å²) in [5.41, 5.74) is 8.90. The summed E-state index contributed by atoms with van der Waals surface area (Å²) >= 11 is 0. The van der Waals surface area contributed by atoms with Crippen LogP contribution in [0.5, 0.6) is 0 Å². The van der Waals surface area contributed by atoms with Gasteiger partial charge < -0.3 is 10.7 Å². The van der Waals surface area contributed by atoms with Crippen LogP contribution in [0.25, 0.3) is 0 Å². The molecule has 0 saturated carbocycles. The van der Waals surface area contributed by atoms with Gasteiger partial charge in [-0.05, 0) is 38.1 Å². The molecular weight excluding hydrogens is 188 g/mol. The van der Waals surface area contributed by atoms with E-state index in [1.54, 1.807) is 0 Å². The Labute approximate surface area is 89.6 Å². The third kappa shape index (κ3) is 1.56. The fraction of sp³-hybridized carbons (Fsp3) is 0.455. The minimum absolute atomic E-state index is 0.599. The van der Waals surface area contributed by atoms with Gasteiger partial charge in [0.2, 0.25) is 0 Å². The Balaban J connectivity index is 1.83. The summed E-state index contributed by atoms with van der Waals surface area (Å²) in [7, 11) is 0. The van der Waals surface area contributed by atoms with E-state index in [1.165, 1.54) is 24.2 Å². The lowest BCUT2D eigenvalue weighted by Crippen LogP contribution is -2.48. The summed E-state index contributed by atoms with van der Waals surface area (Å²) in [6.07, 6.45) is 2.39. The molecule has 0 bridgehead atoms. The lowest BCUT2D eigenvalue weighted by Gasteiger charge is -2.32. The summed E-state index contributed by atoms with van der Waals surface area (Å²) in [6.45, 7) is 2.23. The molecule has 4 nitrogen and oxygen atoms in total. The summed E-state index contributed by atoms with van der Waals surface area (Å²) in [6, 6.07) is 9.00. The molecule has 0 radical (unpaired) electrons. The highest BCUT2D eigenvalue weighted by Gasteiger charge is 2.26. The van der Waals surface area contributed by atoms with Crippen molar-refractivity contribution in [3.8, 4) is 0 Å². The molecule has 2 aliphatic heterocycles. The van der Waals surface area contributed by atoms with E-state index in [4.69, 9.17) is 0 Å². The third-order valence-corrected chi connectivity index (χ3v) is 3.15. The van der Waals surface area contributed by atoms with Crippen LogP contribution >= 0.6 is 0 Å². The molecule has 2 heterocycles. The van der Waals surface area contributed by atoms with Crippen molar-refractivity contribution < 1.29 is 0 Å². The van der Waals surface area contributed by atoms with Crippen LogP contribution in [0.2, 0.25) is 0 Å². The van der Waals surface area contributed by atoms with Crippen molar-refractivity contribution in [1.82, 2.24) is 10.9 Å². The van der Waals surface area contributed by atoms with Crippen LogP contribution in [0, 0.1) is 0 Å². The number of nitrogens with one attached hydrogen (secondary N) is 3. The van der Waals surface area contributed by atoms with Gasteiger partial charge in [0.1, 0.15) is 0 Å². The second-order valence-corrected chi connectivity index (χ2v) is 4.11. The largest absolute Gasteiger partial charge is 0.317 e. The first-order chi connectivity index (χ1) is 7.45. The van der Waals surface area contributed by atoms with Crippen LogP contribution < -0.4 is 21.3 Å². The van der Waals surface area contributed by atoms with Crippen molar-refractivity contribution in [1.29, 1.82) is 0 Å². The maximum absolute atomic E-state index is 3.39. The third-order valence-electron chi connectivity index (χ3n) is 3.15. The molecule has 3 rings (SSSR count). The molecule has 0 aliphatic carbocycles. The molecular formula is C11H16N4. The van der Waals surface area contributed by atoms with Gasteiger partial charge in [0.25, 0.3) is 0 Å². The molecule has 15 heavy (non-hydrogen) atoms. The molecule has 1 aromatic rings. The van der Waals surface area contributed by atoms with Gasteiger partial charge in [-0.3, -0.25) is 5.01 Å². The van der Waals surface area contributed by atoms with Crippen molar-refractivity contribution in [2.45, 2.75) is 18.9 Å².